The van der Waals surface area contributed by atoms with Gasteiger partial charge >= 0.3 is 18.9 Å². The average Bonchev–Trinajstić information content (AvgIpc) is 1.88. The maximum atomic E-state index is 9.03. The molecule has 0 amide bonds. The average molecular weight is 144 g/mol. The van der Waals surface area contributed by atoms with Crippen molar-refractivity contribution in [2.75, 3.05) is 0 Å². The van der Waals surface area contributed by atoms with Gasteiger partial charge in [0, 0.05) is 6.00 Å². The Labute approximate surface area is 78.8 Å². The second-order valence-corrected chi connectivity index (χ2v) is 2.27. The third kappa shape index (κ3) is 3.03. The number of aliphatic hydroxyl groups is 1. The van der Waals surface area contributed by atoms with Crippen LogP contribution in [0.2, 0.25) is 0 Å². The van der Waals surface area contributed by atoms with E-state index in [4.69, 9.17) is 10.2 Å². The van der Waals surface area contributed by atoms with Crippen LogP contribution < -0.4 is 0 Å². The zero-order valence-electron chi connectivity index (χ0n) is 5.78. The summed E-state index contributed by atoms with van der Waals surface area (Å²) in [6.07, 6.45) is 0. The Morgan fingerprint density at radius 1 is 1.18 bits per heavy atom. The van der Waals surface area contributed by atoms with E-state index in [0.717, 1.165) is 5.56 Å². The van der Waals surface area contributed by atoms with Crippen LogP contribution in [0.4, 0.5) is 0 Å². The standard InChI is InChI=1S/C7H9BO2.Li.H/c8-7(10)5-1-3-6(9)4-2-5;;/h1-4,7,9-10H,8H2;;. The van der Waals surface area contributed by atoms with Crippen LogP contribution in [0.15, 0.2) is 24.3 Å². The van der Waals surface area contributed by atoms with Crippen molar-refractivity contribution < 1.29 is 10.2 Å². The molecule has 0 heterocycles. The fourth-order valence-corrected chi connectivity index (χ4v) is 0.753. The van der Waals surface area contributed by atoms with Crippen molar-refractivity contribution in [3.63, 3.8) is 0 Å². The number of phenols is 1. The van der Waals surface area contributed by atoms with E-state index in [1.807, 2.05) is 0 Å². The van der Waals surface area contributed by atoms with Crippen molar-refractivity contribution in [1.82, 2.24) is 0 Å². The van der Waals surface area contributed by atoms with Crippen LogP contribution in [-0.4, -0.2) is 36.9 Å². The summed E-state index contributed by atoms with van der Waals surface area (Å²) < 4.78 is 0. The number of aromatic hydroxyl groups is 1. The number of aliphatic hydroxyl groups excluding tert-OH is 1. The summed E-state index contributed by atoms with van der Waals surface area (Å²) in [5.74, 6) is 0.226. The number of hydrogen-bond acceptors (Lipinski definition) is 2. The number of hydrogen-bond donors (Lipinski definition) is 2. The zero-order chi connectivity index (χ0) is 7.56. The van der Waals surface area contributed by atoms with Gasteiger partial charge in [-0.15, -0.1) is 0 Å². The van der Waals surface area contributed by atoms with Gasteiger partial charge in [0.05, 0.1) is 0 Å². The summed E-state index contributed by atoms with van der Waals surface area (Å²) in [5.41, 5.74) is 0.817. The van der Waals surface area contributed by atoms with Gasteiger partial charge in [0.2, 0.25) is 0 Å². The molecule has 0 bridgehead atoms. The topological polar surface area (TPSA) is 40.5 Å². The van der Waals surface area contributed by atoms with Crippen molar-refractivity contribution >= 4 is 26.7 Å². The Hall–Kier alpha value is -0.358. The fraction of sp³-hybridized carbons (Fsp3) is 0.143. The molecule has 4 heteroatoms. The van der Waals surface area contributed by atoms with Crippen molar-refractivity contribution in [2.24, 2.45) is 0 Å². The van der Waals surface area contributed by atoms with Gasteiger partial charge in [-0.3, -0.25) is 0 Å². The summed E-state index contributed by atoms with van der Waals surface area (Å²) >= 11 is 0. The quantitative estimate of drug-likeness (QED) is 0.515. The number of phenolic OH excluding ortho intramolecular Hbond substituents is 1. The first-order valence-electron chi connectivity index (χ1n) is 3.17. The SMILES string of the molecule is BC(O)c1ccc(O)cc1.[LiH]. The van der Waals surface area contributed by atoms with Crippen LogP contribution in [0.5, 0.6) is 5.75 Å². The van der Waals surface area contributed by atoms with Crippen LogP contribution in [0, 0.1) is 0 Å². The Morgan fingerprint density at radius 3 is 2.00 bits per heavy atom. The molecule has 1 rings (SSSR count). The molecule has 0 saturated heterocycles. The molecule has 1 aromatic rings. The molecular formula is C7H10BLiO2. The van der Waals surface area contributed by atoms with E-state index < -0.39 is 6.00 Å². The fourth-order valence-electron chi connectivity index (χ4n) is 0.753. The van der Waals surface area contributed by atoms with E-state index in [-0.39, 0.29) is 24.6 Å². The van der Waals surface area contributed by atoms with E-state index in [9.17, 15) is 0 Å². The minimum atomic E-state index is -0.458. The van der Waals surface area contributed by atoms with Crippen molar-refractivity contribution in [3.05, 3.63) is 29.8 Å². The molecule has 54 valence electrons. The van der Waals surface area contributed by atoms with Crippen LogP contribution in [-0.2, 0) is 0 Å². The van der Waals surface area contributed by atoms with E-state index >= 15 is 0 Å². The van der Waals surface area contributed by atoms with E-state index in [0.29, 0.717) is 0 Å². The van der Waals surface area contributed by atoms with Gasteiger partial charge < -0.3 is 10.2 Å². The van der Waals surface area contributed by atoms with Gasteiger partial charge in [-0.05, 0) is 17.7 Å². The summed E-state index contributed by atoms with van der Waals surface area (Å²) in [5, 5.41) is 17.9. The van der Waals surface area contributed by atoms with E-state index in [1.165, 1.54) is 0 Å². The van der Waals surface area contributed by atoms with Crippen LogP contribution >= 0.6 is 0 Å². The second-order valence-electron chi connectivity index (χ2n) is 2.27. The van der Waals surface area contributed by atoms with Gasteiger partial charge in [0.15, 0.2) is 0 Å². The molecule has 0 saturated carbocycles. The van der Waals surface area contributed by atoms with Crippen LogP contribution in [0.1, 0.15) is 11.6 Å². The molecular weight excluding hydrogens is 134 g/mol. The summed E-state index contributed by atoms with van der Waals surface area (Å²) in [6, 6.07) is 6.05. The monoisotopic (exact) mass is 144 g/mol. The van der Waals surface area contributed by atoms with Crippen molar-refractivity contribution in [1.29, 1.82) is 0 Å². The predicted octanol–water partition coefficient (Wildman–Crippen LogP) is -0.632. The first kappa shape index (κ1) is 10.6. The molecule has 0 aromatic heterocycles. The first-order chi connectivity index (χ1) is 4.70. The normalized spacial score (nSPS) is 11.7. The minimum absolute atomic E-state index is 0. The summed E-state index contributed by atoms with van der Waals surface area (Å²) in [7, 11) is 1.69. The number of rotatable bonds is 1. The third-order valence-electron chi connectivity index (χ3n) is 1.38. The van der Waals surface area contributed by atoms with Crippen LogP contribution in [0.25, 0.3) is 0 Å². The molecule has 0 aliphatic rings. The Balaban J connectivity index is 0.000001000. The molecule has 0 aliphatic carbocycles. The zero-order valence-corrected chi connectivity index (χ0v) is 5.78. The maximum absolute atomic E-state index is 9.03. The Bertz CT molecular complexity index is 210. The predicted molar refractivity (Wildman–Crippen MR) is 48.8 cm³/mol. The summed E-state index contributed by atoms with van der Waals surface area (Å²) in [6.45, 7) is 0. The molecule has 2 nitrogen and oxygen atoms in total. The second kappa shape index (κ2) is 4.51. The molecule has 2 N–H and O–H groups in total. The molecule has 0 radical (unpaired) electrons. The summed E-state index contributed by atoms with van der Waals surface area (Å²) in [4.78, 5) is 0. The molecule has 11 heavy (non-hydrogen) atoms. The van der Waals surface area contributed by atoms with Gasteiger partial charge in [0.1, 0.15) is 13.6 Å². The molecule has 0 aliphatic heterocycles. The number of benzene rings is 1. The van der Waals surface area contributed by atoms with Gasteiger partial charge in [-0.2, -0.15) is 0 Å². The molecule has 1 aromatic carbocycles. The van der Waals surface area contributed by atoms with Gasteiger partial charge in [-0.1, -0.05) is 12.1 Å². The van der Waals surface area contributed by atoms with E-state index in [2.05, 4.69) is 0 Å². The Kier molecular flexibility index (Phi) is 4.36. The van der Waals surface area contributed by atoms with Gasteiger partial charge in [-0.25, -0.2) is 0 Å². The van der Waals surface area contributed by atoms with Crippen molar-refractivity contribution in [2.45, 2.75) is 6.00 Å². The Morgan fingerprint density at radius 2 is 1.64 bits per heavy atom. The third-order valence-corrected chi connectivity index (χ3v) is 1.38. The molecule has 0 fully saturated rings. The van der Waals surface area contributed by atoms with Crippen LogP contribution in [0.3, 0.4) is 0 Å². The molecule has 0 spiro atoms. The first-order valence-corrected chi connectivity index (χ1v) is 3.17. The van der Waals surface area contributed by atoms with Gasteiger partial charge in [0.25, 0.3) is 0 Å². The molecule has 1 unspecified atom stereocenters. The van der Waals surface area contributed by atoms with E-state index in [1.54, 1.807) is 32.1 Å². The van der Waals surface area contributed by atoms with Crippen molar-refractivity contribution in [3.8, 4) is 5.75 Å². The molecule has 1 atom stereocenters.